The van der Waals surface area contributed by atoms with Gasteiger partial charge in [-0.3, -0.25) is 9.59 Å². The average molecular weight is 485 g/mol. The SMILES string of the molecule is CC[NH+](CC)CCN1C(=O)C(=O)/C(=C(\O)c2c(C)[nH]c(C(=O)OC)c2C)[C@H]1c1ccccc1OC. The van der Waals surface area contributed by atoms with Gasteiger partial charge < -0.3 is 29.4 Å². The number of H-pyrrole nitrogens is 1. The third-order valence-electron chi connectivity index (χ3n) is 6.74. The first-order valence-corrected chi connectivity index (χ1v) is 11.7. The Morgan fingerprint density at radius 3 is 2.40 bits per heavy atom. The fourth-order valence-corrected chi connectivity index (χ4v) is 4.75. The first-order valence-electron chi connectivity index (χ1n) is 11.7. The van der Waals surface area contributed by atoms with Gasteiger partial charge in [0.2, 0.25) is 0 Å². The third-order valence-corrected chi connectivity index (χ3v) is 6.74. The molecule has 9 heteroatoms. The van der Waals surface area contributed by atoms with E-state index in [-0.39, 0.29) is 17.0 Å². The van der Waals surface area contributed by atoms with E-state index >= 15 is 0 Å². The van der Waals surface area contributed by atoms with Crippen molar-refractivity contribution in [2.75, 3.05) is 40.4 Å². The number of ketones is 1. The number of quaternary nitrogens is 1. The Morgan fingerprint density at radius 1 is 1.14 bits per heavy atom. The van der Waals surface area contributed by atoms with E-state index in [0.29, 0.717) is 41.2 Å². The summed E-state index contributed by atoms with van der Waals surface area (Å²) >= 11 is 0. The summed E-state index contributed by atoms with van der Waals surface area (Å²) < 4.78 is 10.4. The second kappa shape index (κ2) is 10.8. The van der Waals surface area contributed by atoms with Crippen LogP contribution in [0.4, 0.5) is 0 Å². The number of aryl methyl sites for hydroxylation is 1. The molecule has 2 heterocycles. The molecule has 1 saturated heterocycles. The lowest BCUT2D eigenvalue weighted by Gasteiger charge is -2.27. The van der Waals surface area contributed by atoms with Gasteiger partial charge in [0, 0.05) is 16.8 Å². The van der Waals surface area contributed by atoms with Crippen molar-refractivity contribution >= 4 is 23.4 Å². The number of nitrogens with one attached hydrogen (secondary N) is 2. The molecule has 0 bridgehead atoms. The molecular weight excluding hydrogens is 450 g/mol. The molecule has 3 rings (SSSR count). The van der Waals surface area contributed by atoms with Gasteiger partial charge in [-0.05, 0) is 39.3 Å². The quantitative estimate of drug-likeness (QED) is 0.216. The molecule has 0 aliphatic carbocycles. The van der Waals surface area contributed by atoms with Crippen LogP contribution < -0.4 is 9.64 Å². The Hall–Kier alpha value is -3.59. The molecular formula is C26H34N3O6+. The van der Waals surface area contributed by atoms with Crippen LogP contribution in [0.3, 0.4) is 0 Å². The first kappa shape index (κ1) is 26.0. The van der Waals surface area contributed by atoms with Crippen molar-refractivity contribution in [1.82, 2.24) is 9.88 Å². The summed E-state index contributed by atoms with van der Waals surface area (Å²) in [4.78, 5) is 44.5. The number of aromatic amines is 1. The Labute approximate surface area is 205 Å². The van der Waals surface area contributed by atoms with Crippen LogP contribution in [-0.2, 0) is 14.3 Å². The molecule has 0 radical (unpaired) electrons. The number of esters is 1. The van der Waals surface area contributed by atoms with Crippen molar-refractivity contribution in [3.63, 3.8) is 0 Å². The number of likely N-dealkylation sites (N-methyl/N-ethyl adjacent to an activating group) is 1. The van der Waals surface area contributed by atoms with Gasteiger partial charge in [-0.15, -0.1) is 0 Å². The molecule has 3 N–H and O–H groups in total. The van der Waals surface area contributed by atoms with Crippen LogP contribution in [0.5, 0.6) is 5.75 Å². The number of methoxy groups -OCH3 is 2. The second-order valence-electron chi connectivity index (χ2n) is 8.56. The van der Waals surface area contributed by atoms with Crippen LogP contribution in [0.1, 0.15) is 52.8 Å². The van der Waals surface area contributed by atoms with Gasteiger partial charge in [-0.25, -0.2) is 4.79 Å². The number of carbonyl (C=O) groups excluding carboxylic acids is 3. The second-order valence-corrected chi connectivity index (χ2v) is 8.56. The highest BCUT2D eigenvalue weighted by Crippen LogP contribution is 2.43. The number of benzene rings is 1. The van der Waals surface area contributed by atoms with E-state index < -0.39 is 23.7 Å². The lowest BCUT2D eigenvalue weighted by Crippen LogP contribution is -3.12. The smallest absolute Gasteiger partial charge is 0.354 e. The zero-order valence-electron chi connectivity index (χ0n) is 21.2. The van der Waals surface area contributed by atoms with Crippen molar-refractivity contribution in [2.45, 2.75) is 33.7 Å². The zero-order chi connectivity index (χ0) is 25.9. The van der Waals surface area contributed by atoms with E-state index in [1.54, 1.807) is 38.1 Å². The minimum absolute atomic E-state index is 0.0318. The topological polar surface area (TPSA) is 113 Å². The molecule has 1 aliphatic heterocycles. The van der Waals surface area contributed by atoms with Crippen LogP contribution in [0.2, 0.25) is 0 Å². The van der Waals surface area contributed by atoms with E-state index in [4.69, 9.17) is 9.47 Å². The minimum Gasteiger partial charge on any atom is -0.507 e. The minimum atomic E-state index is -0.837. The van der Waals surface area contributed by atoms with Gasteiger partial charge in [0.05, 0.1) is 52.0 Å². The Balaban J connectivity index is 2.23. The van der Waals surface area contributed by atoms with Crippen molar-refractivity contribution in [3.8, 4) is 5.75 Å². The molecule has 0 spiro atoms. The first-order chi connectivity index (χ1) is 16.7. The van der Waals surface area contributed by atoms with Gasteiger partial charge in [0.25, 0.3) is 11.7 Å². The highest BCUT2D eigenvalue weighted by atomic mass is 16.5. The molecule has 1 atom stereocenters. The third kappa shape index (κ3) is 4.68. The van der Waals surface area contributed by atoms with Gasteiger partial charge in [0.1, 0.15) is 17.2 Å². The van der Waals surface area contributed by atoms with Gasteiger partial charge >= 0.3 is 5.97 Å². The lowest BCUT2D eigenvalue weighted by atomic mass is 9.93. The maximum atomic E-state index is 13.4. The fraction of sp³-hybridized carbons (Fsp3) is 0.423. The molecule has 1 fully saturated rings. The standard InChI is InChI=1S/C26H33N3O6/c1-7-28(8-2)13-14-29-22(17-11-9-10-12-18(17)34-5)20(24(31)25(29)32)23(30)19-15(3)21(26(33)35-6)27-16(19)4/h9-12,22,27,30H,7-8,13-14H2,1-6H3/p+1/b23-20-/t22-/m1/s1. The average Bonchev–Trinajstić information content (AvgIpc) is 3.30. The van der Waals surface area contributed by atoms with Crippen molar-refractivity contribution in [3.05, 3.63) is 57.9 Å². The predicted molar refractivity (Wildman–Crippen MR) is 131 cm³/mol. The number of rotatable bonds is 9. The molecule has 1 amide bonds. The number of carbonyl (C=O) groups is 3. The number of ether oxygens (including phenoxy) is 2. The van der Waals surface area contributed by atoms with Crippen LogP contribution in [0.15, 0.2) is 29.8 Å². The van der Waals surface area contributed by atoms with Crippen LogP contribution in [0.25, 0.3) is 5.76 Å². The summed E-state index contributed by atoms with van der Waals surface area (Å²) in [6.07, 6.45) is 0. The summed E-state index contributed by atoms with van der Waals surface area (Å²) in [7, 11) is 2.79. The normalized spacial score (nSPS) is 17.3. The number of amides is 1. The highest BCUT2D eigenvalue weighted by molar-refractivity contribution is 6.46. The van der Waals surface area contributed by atoms with Crippen LogP contribution in [-0.4, -0.2) is 73.0 Å². The molecule has 1 aliphatic rings. The number of likely N-dealkylation sites (tertiary alicyclic amines) is 1. The summed E-state index contributed by atoms with van der Waals surface area (Å²) in [6.45, 7) is 10.2. The molecule has 2 aromatic rings. The van der Waals surface area contributed by atoms with Gasteiger partial charge in [-0.2, -0.15) is 0 Å². The number of aliphatic hydroxyl groups excluding tert-OH is 1. The molecule has 0 saturated carbocycles. The Morgan fingerprint density at radius 2 is 1.80 bits per heavy atom. The van der Waals surface area contributed by atoms with Crippen molar-refractivity contribution in [1.29, 1.82) is 0 Å². The molecule has 188 valence electrons. The van der Waals surface area contributed by atoms with Gasteiger partial charge in [0.15, 0.2) is 0 Å². The van der Waals surface area contributed by atoms with Gasteiger partial charge in [-0.1, -0.05) is 18.2 Å². The lowest BCUT2D eigenvalue weighted by molar-refractivity contribution is -0.895. The number of para-hydroxylation sites is 1. The number of aromatic nitrogens is 1. The molecule has 35 heavy (non-hydrogen) atoms. The molecule has 9 nitrogen and oxygen atoms in total. The fourth-order valence-electron chi connectivity index (χ4n) is 4.75. The number of hydrogen-bond acceptors (Lipinski definition) is 6. The predicted octanol–water partition coefficient (Wildman–Crippen LogP) is 1.77. The number of nitrogens with zero attached hydrogens (tertiary/aromatic N) is 1. The number of hydrogen-bond donors (Lipinski definition) is 3. The summed E-state index contributed by atoms with van der Waals surface area (Å²) in [5, 5.41) is 11.5. The molecule has 0 unspecified atom stereocenters. The summed E-state index contributed by atoms with van der Waals surface area (Å²) in [5.74, 6) is -1.87. The van der Waals surface area contributed by atoms with E-state index in [1.807, 2.05) is 0 Å². The monoisotopic (exact) mass is 484 g/mol. The zero-order valence-corrected chi connectivity index (χ0v) is 21.2. The number of aliphatic hydroxyl groups is 1. The molecule has 1 aromatic carbocycles. The highest BCUT2D eigenvalue weighted by Gasteiger charge is 2.47. The Kier molecular flexibility index (Phi) is 8.01. The van der Waals surface area contributed by atoms with Crippen molar-refractivity contribution in [2.24, 2.45) is 0 Å². The van der Waals surface area contributed by atoms with Crippen LogP contribution in [0, 0.1) is 13.8 Å². The van der Waals surface area contributed by atoms with E-state index in [1.165, 1.54) is 24.0 Å². The largest absolute Gasteiger partial charge is 0.507 e. The van der Waals surface area contributed by atoms with E-state index in [9.17, 15) is 19.5 Å². The maximum absolute atomic E-state index is 13.4. The van der Waals surface area contributed by atoms with Crippen LogP contribution >= 0.6 is 0 Å². The van der Waals surface area contributed by atoms with E-state index in [0.717, 1.165) is 13.1 Å². The molecule has 1 aromatic heterocycles. The van der Waals surface area contributed by atoms with Crippen molar-refractivity contribution < 1.29 is 33.9 Å². The number of Topliss-reactive ketones (excluding diaryl/α,β-unsaturated/α-hetero) is 1. The summed E-state index contributed by atoms with van der Waals surface area (Å²) in [6, 6.07) is 6.31. The maximum Gasteiger partial charge on any atom is 0.354 e. The Bertz CT molecular complexity index is 1160. The van der Waals surface area contributed by atoms with E-state index in [2.05, 4.69) is 18.8 Å². The summed E-state index contributed by atoms with van der Waals surface area (Å²) in [5.41, 5.74) is 1.97.